The van der Waals surface area contributed by atoms with Crippen LogP contribution in [0.1, 0.15) is 12.0 Å². The van der Waals surface area contributed by atoms with Crippen LogP contribution in [-0.4, -0.2) is 65.2 Å². The molecule has 2 amide bonds. The third-order valence-electron chi connectivity index (χ3n) is 5.78. The van der Waals surface area contributed by atoms with Crippen LogP contribution in [0.25, 0.3) is 11.3 Å². The van der Waals surface area contributed by atoms with E-state index in [0.717, 1.165) is 5.56 Å². The molecule has 4 heterocycles. The summed E-state index contributed by atoms with van der Waals surface area (Å²) in [6, 6.07) is 10.3. The Morgan fingerprint density at radius 1 is 1.25 bits per heavy atom. The first-order chi connectivity index (χ1) is 17.5. The Morgan fingerprint density at radius 2 is 2.14 bits per heavy atom. The number of nitrogens with one attached hydrogen (secondary N) is 2. The maximum absolute atomic E-state index is 12.4. The summed E-state index contributed by atoms with van der Waals surface area (Å²) in [7, 11) is 1.54. The maximum atomic E-state index is 12.4. The average Bonchev–Trinajstić information content (AvgIpc) is 3.27. The number of hydrogen-bond acceptors (Lipinski definition) is 10. The second-order valence-corrected chi connectivity index (χ2v) is 8.27. The first-order valence-electron chi connectivity index (χ1n) is 11.3. The Hall–Kier alpha value is -4.45. The minimum absolute atomic E-state index is 0.0601. The normalized spacial score (nSPS) is 16.7. The fraction of sp³-hybridized carbons (Fsp3) is 0.292. The molecule has 3 aromatic rings. The highest BCUT2D eigenvalue weighted by atomic mass is 16.6. The number of methoxy groups -OCH3 is 1. The van der Waals surface area contributed by atoms with Gasteiger partial charge in [0.25, 0.3) is 5.91 Å². The summed E-state index contributed by atoms with van der Waals surface area (Å²) in [5.74, 6) is 1.49. The number of nitrogens with zero attached hydrogens (tertiary/aromatic N) is 4. The van der Waals surface area contributed by atoms with E-state index in [0.29, 0.717) is 54.6 Å². The van der Waals surface area contributed by atoms with Gasteiger partial charge >= 0.3 is 6.09 Å². The van der Waals surface area contributed by atoms with Crippen LogP contribution >= 0.6 is 0 Å². The van der Waals surface area contributed by atoms with Gasteiger partial charge in [-0.1, -0.05) is 6.07 Å². The van der Waals surface area contributed by atoms with Gasteiger partial charge in [0, 0.05) is 18.2 Å². The lowest BCUT2D eigenvalue weighted by Crippen LogP contribution is -2.29. The van der Waals surface area contributed by atoms with Gasteiger partial charge in [-0.05, 0) is 42.8 Å². The molecule has 3 N–H and O–H groups in total. The fourth-order valence-electron chi connectivity index (χ4n) is 3.95. The number of amides is 2. The lowest BCUT2D eigenvalue weighted by molar-refractivity contribution is -0.118. The van der Waals surface area contributed by atoms with Crippen molar-refractivity contribution < 1.29 is 28.9 Å². The Bertz CT molecular complexity index is 1300. The number of aromatic nitrogens is 3. The number of anilines is 2. The monoisotopic (exact) mass is 492 g/mol. The standard InChI is InChI=1S/C24H24N6O6/c1-34-16-9-18(29-26-11-16)17-8-14(2-3-19(17)31)10-25-7-6-15-12-30(24(33)36-15)21-5-4-20-23(27-21)28-22(32)13-35-20/h2-5,8-9,11,15,25,31H,6-7,10,12-13H2,1H3,(H,27,28,32). The summed E-state index contributed by atoms with van der Waals surface area (Å²) in [5, 5.41) is 24.2. The lowest BCUT2D eigenvalue weighted by Gasteiger charge is -2.19. The molecule has 2 aliphatic rings. The highest BCUT2D eigenvalue weighted by molar-refractivity contribution is 5.95. The molecule has 1 saturated heterocycles. The van der Waals surface area contributed by atoms with Crippen LogP contribution in [0.2, 0.25) is 0 Å². The van der Waals surface area contributed by atoms with Crippen molar-refractivity contribution in [2.45, 2.75) is 19.1 Å². The van der Waals surface area contributed by atoms with Gasteiger partial charge in [0.15, 0.2) is 18.2 Å². The van der Waals surface area contributed by atoms with Crippen molar-refractivity contribution in [2.24, 2.45) is 0 Å². The number of benzene rings is 1. The Kier molecular flexibility index (Phi) is 6.50. The Labute approximate surface area is 206 Å². The number of phenols is 1. The van der Waals surface area contributed by atoms with Crippen LogP contribution in [0.3, 0.4) is 0 Å². The van der Waals surface area contributed by atoms with Gasteiger partial charge in [0.05, 0.1) is 19.9 Å². The minimum Gasteiger partial charge on any atom is -0.507 e. The van der Waals surface area contributed by atoms with E-state index in [1.165, 1.54) is 11.1 Å². The quantitative estimate of drug-likeness (QED) is 0.399. The molecular formula is C24H24N6O6. The van der Waals surface area contributed by atoms with Crippen molar-refractivity contribution >= 4 is 23.6 Å². The Balaban J connectivity index is 1.15. The summed E-state index contributed by atoms with van der Waals surface area (Å²) < 4.78 is 16.0. The van der Waals surface area contributed by atoms with Crippen LogP contribution in [-0.2, 0) is 16.1 Å². The average molecular weight is 492 g/mol. The summed E-state index contributed by atoms with van der Waals surface area (Å²) in [6.07, 6.45) is 1.30. The molecule has 0 bridgehead atoms. The van der Waals surface area contributed by atoms with Crippen LogP contribution in [0.5, 0.6) is 17.2 Å². The third kappa shape index (κ3) is 4.98. The number of ether oxygens (including phenoxy) is 3. The number of rotatable bonds is 8. The molecule has 1 unspecified atom stereocenters. The number of cyclic esters (lactones) is 1. The molecule has 1 aromatic carbocycles. The van der Waals surface area contributed by atoms with Crippen LogP contribution in [0.15, 0.2) is 42.6 Å². The van der Waals surface area contributed by atoms with E-state index in [-0.39, 0.29) is 30.2 Å². The lowest BCUT2D eigenvalue weighted by atomic mass is 10.1. The van der Waals surface area contributed by atoms with Gasteiger partial charge in [-0.15, -0.1) is 0 Å². The van der Waals surface area contributed by atoms with Gasteiger partial charge in [0.1, 0.15) is 29.1 Å². The zero-order valence-corrected chi connectivity index (χ0v) is 19.4. The SMILES string of the molecule is COc1cnnc(-c2cc(CNCCC3CN(c4ccc5c(n4)NC(=O)CO5)C(=O)O3)ccc2O)c1. The second kappa shape index (κ2) is 10.0. The topological polar surface area (TPSA) is 148 Å². The van der Waals surface area contributed by atoms with Crippen LogP contribution < -0.4 is 25.0 Å². The minimum atomic E-state index is -0.488. The van der Waals surface area contributed by atoms with E-state index in [9.17, 15) is 14.7 Å². The predicted octanol–water partition coefficient (Wildman–Crippen LogP) is 2.09. The van der Waals surface area contributed by atoms with Crippen molar-refractivity contribution in [1.29, 1.82) is 0 Å². The summed E-state index contributed by atoms with van der Waals surface area (Å²) in [5.41, 5.74) is 2.01. The molecule has 2 aliphatic heterocycles. The highest BCUT2D eigenvalue weighted by Crippen LogP contribution is 2.31. The fourth-order valence-corrected chi connectivity index (χ4v) is 3.95. The predicted molar refractivity (Wildman–Crippen MR) is 128 cm³/mol. The molecule has 12 nitrogen and oxygen atoms in total. The van der Waals surface area contributed by atoms with E-state index in [4.69, 9.17) is 14.2 Å². The number of hydrogen-bond donors (Lipinski definition) is 3. The van der Waals surface area contributed by atoms with Crippen LogP contribution in [0, 0.1) is 0 Å². The number of carbonyl (C=O) groups excluding carboxylic acids is 2. The van der Waals surface area contributed by atoms with Gasteiger partial charge in [0.2, 0.25) is 0 Å². The van der Waals surface area contributed by atoms with Gasteiger partial charge in [-0.3, -0.25) is 9.69 Å². The van der Waals surface area contributed by atoms with Gasteiger partial charge in [-0.2, -0.15) is 10.2 Å². The number of pyridine rings is 1. The van der Waals surface area contributed by atoms with Crippen molar-refractivity contribution in [1.82, 2.24) is 20.5 Å². The molecule has 186 valence electrons. The maximum Gasteiger partial charge on any atom is 0.415 e. The first-order valence-corrected chi connectivity index (χ1v) is 11.3. The molecule has 5 rings (SSSR count). The van der Waals surface area contributed by atoms with Gasteiger partial charge in [-0.25, -0.2) is 9.78 Å². The van der Waals surface area contributed by atoms with E-state index >= 15 is 0 Å². The third-order valence-corrected chi connectivity index (χ3v) is 5.78. The largest absolute Gasteiger partial charge is 0.507 e. The molecule has 0 saturated carbocycles. The van der Waals surface area contributed by atoms with E-state index in [1.807, 2.05) is 12.1 Å². The van der Waals surface area contributed by atoms with Gasteiger partial charge < -0.3 is 30.0 Å². The van der Waals surface area contributed by atoms with Crippen molar-refractivity contribution in [2.75, 3.05) is 37.0 Å². The zero-order chi connectivity index (χ0) is 25.1. The first kappa shape index (κ1) is 23.3. The molecule has 36 heavy (non-hydrogen) atoms. The van der Waals surface area contributed by atoms with E-state index in [1.54, 1.807) is 31.4 Å². The molecule has 0 aliphatic carbocycles. The highest BCUT2D eigenvalue weighted by Gasteiger charge is 2.33. The summed E-state index contributed by atoms with van der Waals surface area (Å²) >= 11 is 0. The smallest absolute Gasteiger partial charge is 0.415 e. The molecule has 0 radical (unpaired) electrons. The molecule has 2 aromatic heterocycles. The van der Waals surface area contributed by atoms with E-state index in [2.05, 4.69) is 25.8 Å². The number of aromatic hydroxyl groups is 1. The summed E-state index contributed by atoms with van der Waals surface area (Å²) in [4.78, 5) is 29.7. The Morgan fingerprint density at radius 3 is 3.00 bits per heavy atom. The number of carbonyl (C=O) groups is 2. The zero-order valence-electron chi connectivity index (χ0n) is 19.4. The molecule has 12 heteroatoms. The second-order valence-electron chi connectivity index (χ2n) is 8.27. The van der Waals surface area contributed by atoms with Crippen molar-refractivity contribution in [3.63, 3.8) is 0 Å². The molecular weight excluding hydrogens is 468 g/mol. The van der Waals surface area contributed by atoms with Crippen LogP contribution in [0.4, 0.5) is 16.4 Å². The number of phenolic OH excluding ortho intramolecular Hbond substituents is 1. The molecule has 1 fully saturated rings. The molecule has 1 atom stereocenters. The van der Waals surface area contributed by atoms with Crippen molar-refractivity contribution in [3.05, 3.63) is 48.2 Å². The molecule has 0 spiro atoms. The van der Waals surface area contributed by atoms with E-state index < -0.39 is 6.09 Å². The number of fused-ring (bicyclic) bond motifs is 1. The van der Waals surface area contributed by atoms with Crippen molar-refractivity contribution in [3.8, 4) is 28.5 Å². The summed E-state index contributed by atoms with van der Waals surface area (Å²) in [6.45, 7) is 1.43.